The molecule has 4 nitrogen and oxygen atoms in total. The average molecular weight is 230 g/mol. The molecular formula is C12H26N2O2. The van der Waals surface area contributed by atoms with Gasteiger partial charge in [-0.1, -0.05) is 6.42 Å². The first kappa shape index (κ1) is 13.9. The summed E-state index contributed by atoms with van der Waals surface area (Å²) in [6, 6.07) is 0.683. The van der Waals surface area contributed by atoms with Gasteiger partial charge in [-0.2, -0.15) is 0 Å². The van der Waals surface area contributed by atoms with Crippen LogP contribution in [0.4, 0.5) is 0 Å². The van der Waals surface area contributed by atoms with E-state index in [4.69, 9.17) is 15.2 Å². The van der Waals surface area contributed by atoms with E-state index in [0.717, 1.165) is 6.42 Å². The van der Waals surface area contributed by atoms with Gasteiger partial charge in [-0.3, -0.25) is 4.90 Å². The molecule has 0 heterocycles. The molecular weight excluding hydrogens is 204 g/mol. The second kappa shape index (κ2) is 5.96. The van der Waals surface area contributed by atoms with E-state index in [1.807, 2.05) is 0 Å². The normalized spacial score (nSPS) is 21.2. The number of likely N-dealkylation sites (N-methyl/N-ethyl adjacent to an activating group) is 1. The number of hydrogen-bond donors (Lipinski definition) is 1. The van der Waals surface area contributed by atoms with Crippen molar-refractivity contribution in [2.24, 2.45) is 5.73 Å². The Balaban J connectivity index is 2.59. The van der Waals surface area contributed by atoms with Crippen LogP contribution in [0.25, 0.3) is 0 Å². The molecule has 1 aliphatic rings. The van der Waals surface area contributed by atoms with Crippen LogP contribution in [-0.2, 0) is 9.47 Å². The van der Waals surface area contributed by atoms with Gasteiger partial charge in [0, 0.05) is 38.8 Å². The first-order chi connectivity index (χ1) is 7.57. The fourth-order valence-electron chi connectivity index (χ4n) is 2.21. The van der Waals surface area contributed by atoms with Crippen molar-refractivity contribution >= 4 is 0 Å². The molecule has 0 aromatic rings. The summed E-state index contributed by atoms with van der Waals surface area (Å²) < 4.78 is 10.5. The van der Waals surface area contributed by atoms with Crippen molar-refractivity contribution in [3.8, 4) is 0 Å². The lowest BCUT2D eigenvalue weighted by Crippen LogP contribution is -2.57. The van der Waals surface area contributed by atoms with Gasteiger partial charge in [0.15, 0.2) is 6.29 Å². The number of hydrogen-bond acceptors (Lipinski definition) is 4. The Morgan fingerprint density at radius 3 is 2.25 bits per heavy atom. The summed E-state index contributed by atoms with van der Waals surface area (Å²) in [7, 11) is 5.52. The molecule has 1 fully saturated rings. The zero-order valence-corrected chi connectivity index (χ0v) is 11.0. The van der Waals surface area contributed by atoms with E-state index in [1.165, 1.54) is 19.3 Å². The van der Waals surface area contributed by atoms with Gasteiger partial charge in [-0.15, -0.1) is 0 Å². The van der Waals surface area contributed by atoms with Crippen LogP contribution in [0.5, 0.6) is 0 Å². The molecule has 0 aromatic carbocycles. The van der Waals surface area contributed by atoms with E-state index in [2.05, 4.69) is 18.9 Å². The molecule has 0 amide bonds. The maximum absolute atomic E-state index is 5.93. The minimum absolute atomic E-state index is 0.0399. The summed E-state index contributed by atoms with van der Waals surface area (Å²) in [5, 5.41) is 0. The van der Waals surface area contributed by atoms with Crippen LogP contribution in [0.15, 0.2) is 0 Å². The minimum Gasteiger partial charge on any atom is -0.356 e. The van der Waals surface area contributed by atoms with Crippen LogP contribution in [0.3, 0.4) is 0 Å². The fraction of sp³-hybridized carbons (Fsp3) is 1.00. The third-order valence-corrected chi connectivity index (χ3v) is 4.05. The van der Waals surface area contributed by atoms with Gasteiger partial charge >= 0.3 is 0 Å². The van der Waals surface area contributed by atoms with Gasteiger partial charge < -0.3 is 15.2 Å². The van der Waals surface area contributed by atoms with E-state index in [9.17, 15) is 0 Å². The van der Waals surface area contributed by atoms with Crippen molar-refractivity contribution in [2.45, 2.75) is 50.5 Å². The highest BCUT2D eigenvalue weighted by Crippen LogP contribution is 2.31. The van der Waals surface area contributed by atoms with Crippen molar-refractivity contribution in [1.29, 1.82) is 0 Å². The maximum Gasteiger partial charge on any atom is 0.158 e. The van der Waals surface area contributed by atoms with E-state index < -0.39 is 0 Å². The highest BCUT2D eigenvalue weighted by atomic mass is 16.7. The predicted octanol–water partition coefficient (Wildman–Crippen LogP) is 1.20. The van der Waals surface area contributed by atoms with Crippen LogP contribution in [0.1, 0.15) is 32.6 Å². The molecule has 16 heavy (non-hydrogen) atoms. The van der Waals surface area contributed by atoms with Crippen LogP contribution in [0, 0.1) is 0 Å². The van der Waals surface area contributed by atoms with E-state index in [-0.39, 0.29) is 11.8 Å². The highest BCUT2D eigenvalue weighted by molar-refractivity contribution is 4.92. The Morgan fingerprint density at radius 2 is 1.94 bits per heavy atom. The number of ether oxygens (including phenoxy) is 2. The van der Waals surface area contributed by atoms with Crippen LogP contribution >= 0.6 is 0 Å². The lowest BCUT2D eigenvalue weighted by atomic mass is 9.85. The number of rotatable bonds is 7. The number of methoxy groups -OCH3 is 2. The summed E-state index contributed by atoms with van der Waals surface area (Å²) in [6.45, 7) is 2.82. The van der Waals surface area contributed by atoms with Crippen molar-refractivity contribution in [1.82, 2.24) is 4.90 Å². The molecule has 1 saturated carbocycles. The van der Waals surface area contributed by atoms with Gasteiger partial charge in [0.2, 0.25) is 0 Å². The second-order valence-corrected chi connectivity index (χ2v) is 5.00. The zero-order chi connectivity index (χ0) is 12.2. The first-order valence-electron chi connectivity index (χ1n) is 6.06. The topological polar surface area (TPSA) is 47.7 Å². The zero-order valence-electron chi connectivity index (χ0n) is 11.0. The smallest absolute Gasteiger partial charge is 0.158 e. The molecule has 1 atom stereocenters. The number of nitrogens with two attached hydrogens (primary N) is 1. The molecule has 0 spiro atoms. The van der Waals surface area contributed by atoms with E-state index >= 15 is 0 Å². The summed E-state index contributed by atoms with van der Waals surface area (Å²) in [6.07, 6.45) is 4.56. The Kier molecular flexibility index (Phi) is 5.18. The summed E-state index contributed by atoms with van der Waals surface area (Å²) in [5.74, 6) is 0. The fourth-order valence-corrected chi connectivity index (χ4v) is 2.21. The Hall–Kier alpha value is -0.160. The van der Waals surface area contributed by atoms with Crippen molar-refractivity contribution in [3.05, 3.63) is 0 Å². The Bertz CT molecular complexity index is 205. The lowest BCUT2D eigenvalue weighted by Gasteiger charge is -2.47. The standard InChI is InChI=1S/C12H26N2O2/c1-12(9-13,8-11(15-3)16-4)14(2)10-6-5-7-10/h10-11H,5-9,13H2,1-4H3. The Morgan fingerprint density at radius 1 is 1.38 bits per heavy atom. The third-order valence-electron chi connectivity index (χ3n) is 4.05. The monoisotopic (exact) mass is 230 g/mol. The maximum atomic E-state index is 5.93. The minimum atomic E-state index is -0.170. The van der Waals surface area contributed by atoms with Gasteiger partial charge in [0.25, 0.3) is 0 Å². The lowest BCUT2D eigenvalue weighted by molar-refractivity contribution is -0.131. The molecule has 1 rings (SSSR count). The van der Waals surface area contributed by atoms with Crippen molar-refractivity contribution < 1.29 is 9.47 Å². The second-order valence-electron chi connectivity index (χ2n) is 5.00. The molecule has 0 radical (unpaired) electrons. The van der Waals surface area contributed by atoms with Crippen molar-refractivity contribution in [2.75, 3.05) is 27.8 Å². The van der Waals surface area contributed by atoms with Gasteiger partial charge in [-0.25, -0.2) is 0 Å². The van der Waals surface area contributed by atoms with Gasteiger partial charge in [0.05, 0.1) is 0 Å². The van der Waals surface area contributed by atoms with Crippen LogP contribution in [-0.4, -0.2) is 50.6 Å². The molecule has 2 N–H and O–H groups in total. The SMILES string of the molecule is COC(CC(C)(CN)N(C)C1CCC1)OC. The summed E-state index contributed by atoms with van der Waals surface area (Å²) in [4.78, 5) is 2.40. The molecule has 96 valence electrons. The van der Waals surface area contributed by atoms with Crippen LogP contribution in [0.2, 0.25) is 0 Å². The molecule has 4 heteroatoms. The summed E-state index contributed by atoms with van der Waals surface area (Å²) >= 11 is 0. The molecule has 0 bridgehead atoms. The Labute approximate surface area is 99.1 Å². The quantitative estimate of drug-likeness (QED) is 0.668. The molecule has 1 unspecified atom stereocenters. The summed E-state index contributed by atoms with van der Waals surface area (Å²) in [5.41, 5.74) is 5.89. The largest absolute Gasteiger partial charge is 0.356 e. The number of nitrogens with zero attached hydrogens (tertiary/aromatic N) is 1. The van der Waals surface area contributed by atoms with E-state index in [0.29, 0.717) is 12.6 Å². The van der Waals surface area contributed by atoms with E-state index in [1.54, 1.807) is 14.2 Å². The molecule has 0 saturated heterocycles. The predicted molar refractivity (Wildman–Crippen MR) is 65.3 cm³/mol. The average Bonchev–Trinajstić information content (AvgIpc) is 2.23. The van der Waals surface area contributed by atoms with Crippen molar-refractivity contribution in [3.63, 3.8) is 0 Å². The molecule has 0 aliphatic heterocycles. The van der Waals surface area contributed by atoms with Gasteiger partial charge in [0.1, 0.15) is 0 Å². The molecule has 0 aromatic heterocycles. The highest BCUT2D eigenvalue weighted by Gasteiger charge is 2.37. The van der Waals surface area contributed by atoms with Gasteiger partial charge in [-0.05, 0) is 26.8 Å². The first-order valence-corrected chi connectivity index (χ1v) is 6.06. The van der Waals surface area contributed by atoms with Crippen LogP contribution < -0.4 is 5.73 Å². The molecule has 1 aliphatic carbocycles. The third kappa shape index (κ3) is 2.94.